The number of nitrogens with two attached hydrogens (primary N) is 1. The highest BCUT2D eigenvalue weighted by molar-refractivity contribution is 7.93. The summed E-state index contributed by atoms with van der Waals surface area (Å²) in [6.07, 6.45) is 4.37. The first kappa shape index (κ1) is 9.46. The van der Waals surface area contributed by atoms with Crippen molar-refractivity contribution in [3.8, 4) is 0 Å². The number of hydrogen-bond acceptors (Lipinski definition) is 3. The second kappa shape index (κ2) is 3.58. The Balaban J connectivity index is 1.99. The van der Waals surface area contributed by atoms with Crippen LogP contribution in [0.15, 0.2) is 4.36 Å². The van der Waals surface area contributed by atoms with E-state index >= 15 is 0 Å². The smallest absolute Gasteiger partial charge is 0.0595 e. The van der Waals surface area contributed by atoms with Crippen molar-refractivity contribution in [1.29, 1.82) is 0 Å². The molecule has 1 saturated carbocycles. The van der Waals surface area contributed by atoms with Gasteiger partial charge in [-0.1, -0.05) is 0 Å². The van der Waals surface area contributed by atoms with Crippen molar-refractivity contribution < 1.29 is 4.21 Å². The van der Waals surface area contributed by atoms with Crippen molar-refractivity contribution in [2.75, 3.05) is 18.1 Å². The molecule has 1 aliphatic carbocycles. The largest absolute Gasteiger partial charge is 0.330 e. The Morgan fingerprint density at radius 2 is 1.85 bits per heavy atom. The highest BCUT2D eigenvalue weighted by atomic mass is 32.2. The van der Waals surface area contributed by atoms with Crippen LogP contribution >= 0.6 is 0 Å². The topological polar surface area (TPSA) is 55.5 Å². The molecule has 0 bridgehead atoms. The van der Waals surface area contributed by atoms with Gasteiger partial charge in [-0.05, 0) is 38.1 Å². The van der Waals surface area contributed by atoms with E-state index in [1.807, 2.05) is 0 Å². The second-order valence-electron chi connectivity index (χ2n) is 4.20. The third-order valence-electron chi connectivity index (χ3n) is 2.91. The van der Waals surface area contributed by atoms with Gasteiger partial charge in [0.2, 0.25) is 0 Å². The molecule has 0 aromatic heterocycles. The van der Waals surface area contributed by atoms with Crippen LogP contribution in [0.4, 0.5) is 0 Å². The van der Waals surface area contributed by atoms with Crippen LogP contribution < -0.4 is 5.73 Å². The van der Waals surface area contributed by atoms with Gasteiger partial charge in [0.15, 0.2) is 0 Å². The molecule has 76 valence electrons. The van der Waals surface area contributed by atoms with Crippen LogP contribution in [-0.2, 0) is 9.73 Å². The molecule has 0 unspecified atom stereocenters. The first-order valence-corrected chi connectivity index (χ1v) is 6.99. The molecule has 0 amide bonds. The maximum absolute atomic E-state index is 12.1. The summed E-state index contributed by atoms with van der Waals surface area (Å²) in [6, 6.07) is 0.446. The van der Waals surface area contributed by atoms with Gasteiger partial charge in [0.25, 0.3) is 0 Å². The van der Waals surface area contributed by atoms with Gasteiger partial charge in [0.1, 0.15) is 0 Å². The normalized spacial score (nSPS) is 40.2. The fourth-order valence-corrected chi connectivity index (χ4v) is 4.31. The van der Waals surface area contributed by atoms with Crippen molar-refractivity contribution in [3.05, 3.63) is 0 Å². The standard InChI is InChI=1S/C9H18N2OS/c10-7-8-3-5-13(12,6-4-8)11-9-1-2-9/h8-9H,1-7,10H2. The zero-order valence-electron chi connectivity index (χ0n) is 7.95. The van der Waals surface area contributed by atoms with Crippen molar-refractivity contribution in [2.45, 2.75) is 31.7 Å². The van der Waals surface area contributed by atoms with E-state index in [1.54, 1.807) is 0 Å². The van der Waals surface area contributed by atoms with Crippen LogP contribution in [0.1, 0.15) is 25.7 Å². The van der Waals surface area contributed by atoms with Gasteiger partial charge in [-0.25, -0.2) is 8.57 Å². The van der Waals surface area contributed by atoms with Crippen molar-refractivity contribution in [2.24, 2.45) is 16.0 Å². The maximum atomic E-state index is 12.1. The lowest BCUT2D eigenvalue weighted by molar-refractivity contribution is 0.489. The third-order valence-corrected chi connectivity index (χ3v) is 5.34. The van der Waals surface area contributed by atoms with Gasteiger partial charge in [-0.2, -0.15) is 0 Å². The Bertz CT molecular complexity index is 276. The van der Waals surface area contributed by atoms with E-state index in [1.165, 1.54) is 0 Å². The summed E-state index contributed by atoms with van der Waals surface area (Å²) in [4.78, 5) is 0. The van der Waals surface area contributed by atoms with E-state index in [-0.39, 0.29) is 0 Å². The summed E-state index contributed by atoms with van der Waals surface area (Å²) in [5.74, 6) is 2.19. The lowest BCUT2D eigenvalue weighted by atomic mass is 10.0. The fourth-order valence-electron chi connectivity index (χ4n) is 1.74. The molecule has 0 spiro atoms. The van der Waals surface area contributed by atoms with Gasteiger partial charge in [-0.3, -0.25) is 0 Å². The molecule has 0 radical (unpaired) electrons. The molecular formula is C9H18N2OS. The lowest BCUT2D eigenvalue weighted by Gasteiger charge is -2.23. The third kappa shape index (κ3) is 2.44. The predicted molar refractivity (Wildman–Crippen MR) is 55.1 cm³/mol. The van der Waals surface area contributed by atoms with Crippen LogP contribution in [0.25, 0.3) is 0 Å². The molecule has 2 fully saturated rings. The minimum Gasteiger partial charge on any atom is -0.330 e. The molecule has 2 rings (SSSR count). The average Bonchev–Trinajstić information content (AvgIpc) is 2.89. The van der Waals surface area contributed by atoms with Crippen LogP contribution in [0.5, 0.6) is 0 Å². The molecule has 4 heteroatoms. The first-order valence-electron chi connectivity index (χ1n) is 5.13. The predicted octanol–water partition coefficient (Wildman–Crippen LogP) is 0.985. The summed E-state index contributed by atoms with van der Waals surface area (Å²) in [5, 5.41) is 0. The molecule has 1 saturated heterocycles. The molecule has 2 aliphatic rings. The Morgan fingerprint density at radius 1 is 1.23 bits per heavy atom. The van der Waals surface area contributed by atoms with Gasteiger partial charge >= 0.3 is 0 Å². The van der Waals surface area contributed by atoms with E-state index in [4.69, 9.17) is 5.73 Å². The molecule has 13 heavy (non-hydrogen) atoms. The maximum Gasteiger partial charge on any atom is 0.0595 e. The molecule has 0 aromatic rings. The van der Waals surface area contributed by atoms with Gasteiger partial charge in [0, 0.05) is 21.2 Å². The Morgan fingerprint density at radius 3 is 2.31 bits per heavy atom. The molecule has 3 nitrogen and oxygen atoms in total. The summed E-state index contributed by atoms with van der Waals surface area (Å²) in [6.45, 7) is 0.749. The minimum absolute atomic E-state index is 0.446. The van der Waals surface area contributed by atoms with Gasteiger partial charge < -0.3 is 5.73 Å². The quantitative estimate of drug-likeness (QED) is 0.726. The first-order chi connectivity index (χ1) is 6.22. The van der Waals surface area contributed by atoms with E-state index in [0.29, 0.717) is 12.0 Å². The van der Waals surface area contributed by atoms with Crippen molar-refractivity contribution in [3.63, 3.8) is 0 Å². The summed E-state index contributed by atoms with van der Waals surface area (Å²) >= 11 is 0. The molecule has 0 atom stereocenters. The fraction of sp³-hybridized carbons (Fsp3) is 1.00. The zero-order chi connectivity index (χ0) is 9.31. The Kier molecular flexibility index (Phi) is 2.60. The molecule has 1 aliphatic heterocycles. The summed E-state index contributed by atoms with van der Waals surface area (Å²) in [5.41, 5.74) is 5.58. The van der Waals surface area contributed by atoms with Gasteiger partial charge in [-0.15, -0.1) is 0 Å². The van der Waals surface area contributed by atoms with Crippen LogP contribution in [0.3, 0.4) is 0 Å². The van der Waals surface area contributed by atoms with E-state index in [9.17, 15) is 4.21 Å². The Labute approximate surface area is 80.3 Å². The highest BCUT2D eigenvalue weighted by Crippen LogP contribution is 2.28. The van der Waals surface area contributed by atoms with E-state index in [2.05, 4.69) is 4.36 Å². The monoisotopic (exact) mass is 202 g/mol. The number of rotatable bonds is 2. The van der Waals surface area contributed by atoms with Crippen LogP contribution in [0.2, 0.25) is 0 Å². The molecule has 1 heterocycles. The lowest BCUT2D eigenvalue weighted by Crippen LogP contribution is -2.28. The van der Waals surface area contributed by atoms with E-state index in [0.717, 1.165) is 43.7 Å². The number of hydrogen-bond donors (Lipinski definition) is 1. The summed E-state index contributed by atoms with van der Waals surface area (Å²) in [7, 11) is -1.80. The molecule has 2 N–H and O–H groups in total. The Hall–Kier alpha value is -0.0900. The van der Waals surface area contributed by atoms with Crippen molar-refractivity contribution in [1.82, 2.24) is 0 Å². The second-order valence-corrected chi connectivity index (χ2v) is 6.77. The van der Waals surface area contributed by atoms with Crippen LogP contribution in [-0.4, -0.2) is 28.3 Å². The molecular weight excluding hydrogens is 184 g/mol. The zero-order valence-corrected chi connectivity index (χ0v) is 8.76. The minimum atomic E-state index is -1.80. The number of nitrogens with zero attached hydrogens (tertiary/aromatic N) is 1. The van der Waals surface area contributed by atoms with Crippen molar-refractivity contribution >= 4 is 9.73 Å². The van der Waals surface area contributed by atoms with Crippen LogP contribution in [0, 0.1) is 5.92 Å². The summed E-state index contributed by atoms with van der Waals surface area (Å²) < 4.78 is 16.5. The van der Waals surface area contributed by atoms with E-state index < -0.39 is 9.73 Å². The molecule has 0 aromatic carbocycles. The average molecular weight is 202 g/mol. The van der Waals surface area contributed by atoms with Gasteiger partial charge in [0.05, 0.1) is 6.04 Å². The SMILES string of the molecule is NCC1CCS(=O)(=NC2CC2)CC1. The highest BCUT2D eigenvalue weighted by Gasteiger charge is 2.27.